The van der Waals surface area contributed by atoms with Gasteiger partial charge >= 0.3 is 0 Å². The molecule has 0 radical (unpaired) electrons. The van der Waals surface area contributed by atoms with Crippen LogP contribution in [0.25, 0.3) is 0 Å². The van der Waals surface area contributed by atoms with E-state index in [0.717, 1.165) is 0 Å². The van der Waals surface area contributed by atoms with E-state index in [-0.39, 0.29) is 0 Å². The van der Waals surface area contributed by atoms with Gasteiger partial charge in [0.05, 0.1) is 0 Å². The summed E-state index contributed by atoms with van der Waals surface area (Å²) in [6, 6.07) is 0. The fourth-order valence-electron chi connectivity index (χ4n) is 0.964. The first-order valence-corrected chi connectivity index (χ1v) is 4.00. The molecule has 0 saturated carbocycles. The minimum atomic E-state index is -0.926. The number of aliphatic hydroxyl groups excluding tert-OH is 1. The van der Waals surface area contributed by atoms with Crippen molar-refractivity contribution in [2.75, 3.05) is 0 Å². The molecule has 0 amide bonds. The van der Waals surface area contributed by atoms with Crippen LogP contribution in [-0.2, 0) is 4.74 Å². The Morgan fingerprint density at radius 2 is 2.21 bits per heavy atom. The Balaban J connectivity index is 2.43. The third kappa shape index (κ3) is 2.55. The highest BCUT2D eigenvalue weighted by atomic mass is 16.7. The Bertz CT molecular complexity index is 244. The smallest absolute Gasteiger partial charge is 0.182 e. The van der Waals surface area contributed by atoms with Gasteiger partial charge in [-0.25, -0.2) is 10.1 Å². The second-order valence-electron chi connectivity index (χ2n) is 2.72. The van der Waals surface area contributed by atoms with E-state index in [0.29, 0.717) is 5.12 Å². The molecule has 1 aliphatic rings. The molecule has 8 nitrogen and oxygen atoms in total. The second-order valence-corrected chi connectivity index (χ2v) is 2.72. The van der Waals surface area contributed by atoms with Crippen LogP contribution in [0, 0.1) is 10.1 Å². The quantitative estimate of drug-likeness (QED) is 0.358. The van der Waals surface area contributed by atoms with Crippen LogP contribution in [0.5, 0.6) is 0 Å². The van der Waals surface area contributed by atoms with E-state index in [1.165, 1.54) is 24.3 Å². The number of nitrogens with one attached hydrogen (secondary N) is 1. The molecule has 2 unspecified atom stereocenters. The van der Waals surface area contributed by atoms with Crippen molar-refractivity contribution in [2.24, 2.45) is 0 Å². The van der Waals surface area contributed by atoms with Gasteiger partial charge in [0, 0.05) is 6.20 Å². The summed E-state index contributed by atoms with van der Waals surface area (Å²) in [5, 5.41) is 20.6. The van der Waals surface area contributed by atoms with Gasteiger partial charge < -0.3 is 9.84 Å². The van der Waals surface area contributed by atoms with E-state index in [4.69, 9.17) is 9.84 Å². The van der Waals surface area contributed by atoms with Gasteiger partial charge in [-0.1, -0.05) is 5.53 Å². The molecular weight excluding hydrogens is 192 g/mol. The van der Waals surface area contributed by atoms with Gasteiger partial charge in [-0.15, -0.1) is 0 Å². The number of hydrogen-bond acceptors (Lipinski definition) is 6. The molecule has 0 bridgehead atoms. The first-order chi connectivity index (χ1) is 6.50. The van der Waals surface area contributed by atoms with Crippen LogP contribution in [0.1, 0.15) is 13.8 Å². The third-order valence-electron chi connectivity index (χ3n) is 1.55. The molecule has 8 heteroatoms. The predicted molar refractivity (Wildman–Crippen MR) is 45.2 cm³/mol. The minimum Gasteiger partial charge on any atom is -0.368 e. The van der Waals surface area contributed by atoms with Gasteiger partial charge in [0.25, 0.3) is 0 Å². The third-order valence-corrected chi connectivity index (χ3v) is 1.55. The fourth-order valence-corrected chi connectivity index (χ4v) is 0.964. The zero-order valence-electron chi connectivity index (χ0n) is 7.82. The maximum absolute atomic E-state index is 10.3. The van der Waals surface area contributed by atoms with Gasteiger partial charge in [0.1, 0.15) is 12.4 Å². The molecule has 2 atom stereocenters. The summed E-state index contributed by atoms with van der Waals surface area (Å²) in [7, 11) is 0. The summed E-state index contributed by atoms with van der Waals surface area (Å²) >= 11 is 0. The maximum atomic E-state index is 10.3. The SMILES string of the molecule is CC(O)OC(C)N1C=CN([N+](=O)[O-])N1. The highest BCUT2D eigenvalue weighted by molar-refractivity contribution is 4.82. The number of aliphatic hydroxyl groups is 1. The molecule has 0 aromatic rings. The van der Waals surface area contributed by atoms with E-state index >= 15 is 0 Å². The lowest BCUT2D eigenvalue weighted by Crippen LogP contribution is -2.47. The lowest BCUT2D eigenvalue weighted by molar-refractivity contribution is -0.658. The topological polar surface area (TPSA) is 91.1 Å². The van der Waals surface area contributed by atoms with Crippen LogP contribution in [0.3, 0.4) is 0 Å². The first-order valence-electron chi connectivity index (χ1n) is 4.00. The van der Waals surface area contributed by atoms with Gasteiger partial charge in [0.15, 0.2) is 11.3 Å². The van der Waals surface area contributed by atoms with Crippen molar-refractivity contribution in [3.63, 3.8) is 0 Å². The van der Waals surface area contributed by atoms with E-state index < -0.39 is 17.6 Å². The van der Waals surface area contributed by atoms with E-state index in [1.54, 1.807) is 6.92 Å². The highest BCUT2D eigenvalue weighted by Gasteiger charge is 2.24. The van der Waals surface area contributed by atoms with Crippen molar-refractivity contribution in [3.8, 4) is 0 Å². The lowest BCUT2D eigenvalue weighted by Gasteiger charge is -2.24. The van der Waals surface area contributed by atoms with Gasteiger partial charge in [-0.3, -0.25) is 5.01 Å². The molecular formula is C6H12N4O4. The van der Waals surface area contributed by atoms with Crippen molar-refractivity contribution in [1.29, 1.82) is 0 Å². The molecule has 0 aromatic carbocycles. The Morgan fingerprint density at radius 3 is 2.64 bits per heavy atom. The van der Waals surface area contributed by atoms with Crippen LogP contribution in [0.2, 0.25) is 0 Å². The highest BCUT2D eigenvalue weighted by Crippen LogP contribution is 2.07. The van der Waals surface area contributed by atoms with Crippen LogP contribution in [0.15, 0.2) is 12.4 Å². The molecule has 0 saturated heterocycles. The maximum Gasteiger partial charge on any atom is 0.182 e. The Kier molecular flexibility index (Phi) is 3.23. The fraction of sp³-hybridized carbons (Fsp3) is 0.667. The summed E-state index contributed by atoms with van der Waals surface area (Å²) in [6.45, 7) is 3.11. The molecule has 0 aliphatic carbocycles. The van der Waals surface area contributed by atoms with Gasteiger partial charge in [0.2, 0.25) is 0 Å². The van der Waals surface area contributed by atoms with Crippen molar-refractivity contribution in [1.82, 2.24) is 15.7 Å². The zero-order chi connectivity index (χ0) is 10.7. The number of nitro groups is 1. The van der Waals surface area contributed by atoms with Crippen LogP contribution < -0.4 is 5.53 Å². The average Bonchev–Trinajstić information content (AvgIpc) is 2.50. The van der Waals surface area contributed by atoms with Crippen molar-refractivity contribution in [3.05, 3.63) is 22.5 Å². The molecule has 0 fully saturated rings. The van der Waals surface area contributed by atoms with Crippen LogP contribution >= 0.6 is 0 Å². The molecule has 1 heterocycles. The lowest BCUT2D eigenvalue weighted by atomic mass is 10.6. The number of hydrazine groups is 3. The Morgan fingerprint density at radius 1 is 1.57 bits per heavy atom. The summed E-state index contributed by atoms with van der Waals surface area (Å²) < 4.78 is 4.98. The summed E-state index contributed by atoms with van der Waals surface area (Å²) in [5.74, 6) is 0. The van der Waals surface area contributed by atoms with E-state index in [1.807, 2.05) is 0 Å². The molecule has 2 N–H and O–H groups in total. The van der Waals surface area contributed by atoms with Gasteiger partial charge in [-0.2, -0.15) is 0 Å². The second kappa shape index (κ2) is 4.22. The van der Waals surface area contributed by atoms with Crippen molar-refractivity contribution >= 4 is 0 Å². The first kappa shape index (κ1) is 10.7. The van der Waals surface area contributed by atoms with Gasteiger partial charge in [-0.05, 0) is 19.0 Å². The summed E-state index contributed by atoms with van der Waals surface area (Å²) in [6.07, 6.45) is 1.25. The van der Waals surface area contributed by atoms with Crippen molar-refractivity contribution < 1.29 is 14.9 Å². The average molecular weight is 204 g/mol. The number of nitrogens with zero attached hydrogens (tertiary/aromatic N) is 3. The number of hydrogen-bond donors (Lipinski definition) is 2. The summed E-state index contributed by atoms with van der Waals surface area (Å²) in [4.78, 5) is 10.3. The molecule has 0 spiro atoms. The Labute approximate surface area is 80.4 Å². The zero-order valence-corrected chi connectivity index (χ0v) is 7.82. The number of ether oxygens (including phenoxy) is 1. The van der Waals surface area contributed by atoms with E-state index in [2.05, 4.69) is 5.53 Å². The standard InChI is InChI=1S/C6H12N4O4/c1-5(14-6(2)11)8-3-4-9(7-8)10(12)13/h3-7,11H,1-2H3. The molecule has 0 aromatic heterocycles. The molecule has 1 rings (SSSR count). The van der Waals surface area contributed by atoms with Crippen LogP contribution in [-0.4, -0.2) is 32.8 Å². The predicted octanol–water partition coefficient (Wildman–Crippen LogP) is -0.613. The monoisotopic (exact) mass is 204 g/mol. The van der Waals surface area contributed by atoms with E-state index in [9.17, 15) is 10.1 Å². The molecule has 80 valence electrons. The molecule has 1 aliphatic heterocycles. The number of rotatable bonds is 4. The molecule has 14 heavy (non-hydrogen) atoms. The summed E-state index contributed by atoms with van der Waals surface area (Å²) in [5.41, 5.74) is 2.42. The largest absolute Gasteiger partial charge is 0.368 e. The van der Waals surface area contributed by atoms with Crippen molar-refractivity contribution in [2.45, 2.75) is 26.4 Å². The normalized spacial score (nSPS) is 19.9. The Hall–Kier alpha value is -1.38. The minimum absolute atomic E-state index is 0.504. The van der Waals surface area contributed by atoms with Crippen LogP contribution in [0.4, 0.5) is 0 Å².